The fourth-order valence-corrected chi connectivity index (χ4v) is 1.72. The summed E-state index contributed by atoms with van der Waals surface area (Å²) in [6, 6.07) is 16.4. The molecule has 0 aliphatic carbocycles. The second-order valence-corrected chi connectivity index (χ2v) is 4.87. The number of nitrogens with one attached hydrogen (secondary N) is 1. The van der Waals surface area contributed by atoms with Crippen LogP contribution in [0.4, 0.5) is 0 Å². The van der Waals surface area contributed by atoms with E-state index in [-0.39, 0.29) is 18.4 Å². The lowest BCUT2D eigenvalue weighted by Crippen LogP contribution is -2.24. The van der Waals surface area contributed by atoms with Gasteiger partial charge in [-0.05, 0) is 31.2 Å². The summed E-state index contributed by atoms with van der Waals surface area (Å²) in [6.45, 7) is 4.60. The quantitative estimate of drug-likeness (QED) is 0.503. The van der Waals surface area contributed by atoms with Gasteiger partial charge in [-0.1, -0.05) is 36.9 Å². The minimum absolute atomic E-state index is 0.0308. The topological polar surface area (TPSA) is 75.6 Å². The number of hydrogen-bond acceptors (Lipinski definition) is 4. The molecule has 0 heterocycles. The zero-order valence-corrected chi connectivity index (χ0v) is 13.8. The molecule has 0 radical (unpaired) electrons. The average Bonchev–Trinajstić information content (AvgIpc) is 2.62. The van der Waals surface area contributed by atoms with Gasteiger partial charge in [0.1, 0.15) is 12.5 Å². The van der Waals surface area contributed by atoms with Crippen molar-refractivity contribution in [2.45, 2.75) is 6.92 Å². The first-order valence-corrected chi connectivity index (χ1v) is 7.28. The van der Waals surface area contributed by atoms with Gasteiger partial charge in [-0.2, -0.15) is 0 Å². The van der Waals surface area contributed by atoms with E-state index < -0.39 is 0 Å². The monoisotopic (exact) mass is 327 g/mol. The van der Waals surface area contributed by atoms with Crippen LogP contribution in [-0.2, 0) is 4.79 Å². The second-order valence-electron chi connectivity index (χ2n) is 4.87. The van der Waals surface area contributed by atoms with Crippen molar-refractivity contribution in [3.8, 4) is 5.75 Å². The summed E-state index contributed by atoms with van der Waals surface area (Å²) in [5, 5.41) is 10.3. The van der Waals surface area contributed by atoms with Gasteiger partial charge in [0.25, 0.3) is 0 Å². The fourth-order valence-electron chi connectivity index (χ4n) is 1.72. The molecule has 0 saturated heterocycles. The van der Waals surface area contributed by atoms with Gasteiger partial charge in [0.05, 0.1) is 7.11 Å². The standard InChI is InChI=1S/C14H12O2.C5H9NO2/c1-16-13-9-7-12(8-10-13)14(15)11-5-3-2-4-6-11;1-4(2)5(8)6-3-7/h2-10H,1H3;7H,1,3H2,2H3,(H,6,8). The van der Waals surface area contributed by atoms with Crippen molar-refractivity contribution in [2.75, 3.05) is 13.8 Å². The lowest BCUT2D eigenvalue weighted by atomic mass is 10.0. The van der Waals surface area contributed by atoms with Gasteiger partial charge in [-0.25, -0.2) is 0 Å². The van der Waals surface area contributed by atoms with Crippen LogP contribution >= 0.6 is 0 Å². The second kappa shape index (κ2) is 9.97. The zero-order valence-electron chi connectivity index (χ0n) is 13.8. The molecule has 0 spiro atoms. The molecule has 24 heavy (non-hydrogen) atoms. The lowest BCUT2D eigenvalue weighted by Gasteiger charge is -2.02. The SMILES string of the molecule is C=C(C)C(=O)NCO.COc1ccc(C(=O)c2ccccc2)cc1. The van der Waals surface area contributed by atoms with Crippen LogP contribution in [-0.4, -0.2) is 30.6 Å². The Bertz CT molecular complexity index is 678. The van der Waals surface area contributed by atoms with Crippen LogP contribution in [0.15, 0.2) is 66.7 Å². The number of rotatable bonds is 5. The molecule has 2 aromatic carbocycles. The first kappa shape index (κ1) is 19.1. The summed E-state index contributed by atoms with van der Waals surface area (Å²) in [7, 11) is 1.61. The third kappa shape index (κ3) is 6.06. The molecule has 0 unspecified atom stereocenters. The van der Waals surface area contributed by atoms with E-state index in [1.807, 2.05) is 30.3 Å². The molecule has 0 atom stereocenters. The van der Waals surface area contributed by atoms with E-state index >= 15 is 0 Å². The maximum absolute atomic E-state index is 12.0. The largest absolute Gasteiger partial charge is 0.497 e. The summed E-state index contributed by atoms with van der Waals surface area (Å²) in [6.07, 6.45) is 0. The normalized spacial score (nSPS) is 9.29. The van der Waals surface area contributed by atoms with Crippen molar-refractivity contribution in [1.82, 2.24) is 5.32 Å². The Kier molecular flexibility index (Phi) is 7.94. The van der Waals surface area contributed by atoms with Crippen molar-refractivity contribution in [3.05, 3.63) is 77.9 Å². The molecular weight excluding hydrogens is 306 g/mol. The Hall–Kier alpha value is -2.92. The van der Waals surface area contributed by atoms with Crippen LogP contribution in [0.3, 0.4) is 0 Å². The molecule has 5 nitrogen and oxygen atoms in total. The number of ketones is 1. The highest BCUT2D eigenvalue weighted by Gasteiger charge is 2.07. The number of carbonyl (C=O) groups excluding carboxylic acids is 2. The van der Waals surface area contributed by atoms with Gasteiger partial charge < -0.3 is 15.2 Å². The molecule has 0 aromatic heterocycles. The molecule has 0 saturated carbocycles. The summed E-state index contributed by atoms with van der Waals surface area (Å²) in [5.41, 5.74) is 1.78. The first-order valence-electron chi connectivity index (χ1n) is 7.28. The summed E-state index contributed by atoms with van der Waals surface area (Å²) >= 11 is 0. The van der Waals surface area contributed by atoms with E-state index in [9.17, 15) is 9.59 Å². The van der Waals surface area contributed by atoms with E-state index in [0.29, 0.717) is 16.7 Å². The number of carbonyl (C=O) groups is 2. The predicted octanol–water partition coefficient (Wildman–Crippen LogP) is 2.55. The molecular formula is C19H21NO4. The Labute approximate surface area is 141 Å². The minimum Gasteiger partial charge on any atom is -0.497 e. The van der Waals surface area contributed by atoms with Gasteiger partial charge in [0.15, 0.2) is 5.78 Å². The van der Waals surface area contributed by atoms with Crippen molar-refractivity contribution < 1.29 is 19.4 Å². The van der Waals surface area contributed by atoms with Crippen LogP contribution in [0.1, 0.15) is 22.8 Å². The van der Waals surface area contributed by atoms with Gasteiger partial charge in [0, 0.05) is 16.7 Å². The Morgan fingerprint density at radius 2 is 1.58 bits per heavy atom. The number of methoxy groups -OCH3 is 1. The van der Waals surface area contributed by atoms with Crippen molar-refractivity contribution in [1.29, 1.82) is 0 Å². The van der Waals surface area contributed by atoms with E-state index in [1.165, 1.54) is 0 Å². The predicted molar refractivity (Wildman–Crippen MR) is 92.9 cm³/mol. The Balaban J connectivity index is 0.000000307. The fraction of sp³-hybridized carbons (Fsp3) is 0.158. The molecule has 0 aliphatic heterocycles. The van der Waals surface area contributed by atoms with E-state index in [1.54, 1.807) is 38.3 Å². The Morgan fingerprint density at radius 1 is 1.04 bits per heavy atom. The van der Waals surface area contributed by atoms with Crippen LogP contribution in [0, 0.1) is 0 Å². The lowest BCUT2D eigenvalue weighted by molar-refractivity contribution is -0.118. The molecule has 5 heteroatoms. The maximum atomic E-state index is 12.0. The summed E-state index contributed by atoms with van der Waals surface area (Å²) in [4.78, 5) is 22.4. The highest BCUT2D eigenvalue weighted by Crippen LogP contribution is 2.14. The molecule has 2 N–H and O–H groups in total. The number of amides is 1. The first-order chi connectivity index (χ1) is 11.5. The van der Waals surface area contributed by atoms with Crippen molar-refractivity contribution in [2.24, 2.45) is 0 Å². The van der Waals surface area contributed by atoms with Crippen LogP contribution in [0.25, 0.3) is 0 Å². The molecule has 0 fully saturated rings. The molecule has 1 amide bonds. The number of benzene rings is 2. The van der Waals surface area contributed by atoms with Crippen LogP contribution in [0.2, 0.25) is 0 Å². The van der Waals surface area contributed by atoms with Crippen LogP contribution < -0.4 is 10.1 Å². The van der Waals surface area contributed by atoms with Gasteiger partial charge in [-0.15, -0.1) is 0 Å². The van der Waals surface area contributed by atoms with Crippen molar-refractivity contribution in [3.63, 3.8) is 0 Å². The minimum atomic E-state index is -0.328. The number of ether oxygens (including phenoxy) is 1. The zero-order chi connectivity index (χ0) is 17.9. The maximum Gasteiger partial charge on any atom is 0.248 e. The highest BCUT2D eigenvalue weighted by atomic mass is 16.5. The number of aliphatic hydroxyl groups excluding tert-OH is 1. The van der Waals surface area contributed by atoms with Crippen molar-refractivity contribution >= 4 is 11.7 Å². The Morgan fingerprint density at radius 3 is 2.00 bits per heavy atom. The van der Waals surface area contributed by atoms with E-state index in [2.05, 4.69) is 11.9 Å². The molecule has 0 aliphatic rings. The van der Waals surface area contributed by atoms with Gasteiger partial charge in [-0.3, -0.25) is 9.59 Å². The van der Waals surface area contributed by atoms with Crippen LogP contribution in [0.5, 0.6) is 5.75 Å². The van der Waals surface area contributed by atoms with E-state index in [0.717, 1.165) is 5.75 Å². The van der Waals surface area contributed by atoms with E-state index in [4.69, 9.17) is 9.84 Å². The summed E-state index contributed by atoms with van der Waals surface area (Å²) in [5.74, 6) is 0.473. The molecule has 126 valence electrons. The molecule has 0 bridgehead atoms. The molecule has 2 aromatic rings. The summed E-state index contributed by atoms with van der Waals surface area (Å²) < 4.78 is 5.04. The number of aliphatic hydroxyl groups is 1. The third-order valence-electron chi connectivity index (χ3n) is 3.02. The van der Waals surface area contributed by atoms with Gasteiger partial charge in [0.2, 0.25) is 5.91 Å². The average molecular weight is 327 g/mol. The third-order valence-corrected chi connectivity index (χ3v) is 3.02. The van der Waals surface area contributed by atoms with Gasteiger partial charge >= 0.3 is 0 Å². The molecule has 2 rings (SSSR count). The number of hydrogen-bond donors (Lipinski definition) is 2. The smallest absolute Gasteiger partial charge is 0.248 e. The highest BCUT2D eigenvalue weighted by molar-refractivity contribution is 6.08.